The van der Waals surface area contributed by atoms with E-state index in [1.165, 1.54) is 32.2 Å². The Kier molecular flexibility index (Phi) is 2.39. The van der Waals surface area contributed by atoms with E-state index in [1.807, 2.05) is 0 Å². The van der Waals surface area contributed by atoms with E-state index in [1.54, 1.807) is 0 Å². The van der Waals surface area contributed by atoms with Crippen molar-refractivity contribution in [2.24, 2.45) is 17.3 Å². The molecule has 2 saturated heterocycles. The molecule has 1 nitrogen and oxygen atoms in total. The maximum absolute atomic E-state index is 3.73. The van der Waals surface area contributed by atoms with Crippen LogP contribution in [0.25, 0.3) is 0 Å². The third-order valence-electron chi connectivity index (χ3n) is 4.08. The molecule has 2 heterocycles. The Morgan fingerprint density at radius 3 is 2.15 bits per heavy atom. The Balaban J connectivity index is 2.11. The SMILES string of the molecule is CC(C)(C)C1CNC2CCC1CC2. The third-order valence-corrected chi connectivity index (χ3v) is 4.08. The van der Waals surface area contributed by atoms with Gasteiger partial charge >= 0.3 is 0 Å². The summed E-state index contributed by atoms with van der Waals surface area (Å²) in [5, 5.41) is 3.73. The van der Waals surface area contributed by atoms with Crippen molar-refractivity contribution in [2.45, 2.75) is 52.5 Å². The maximum atomic E-state index is 3.73. The Morgan fingerprint density at radius 2 is 1.62 bits per heavy atom. The molecule has 76 valence electrons. The molecule has 3 rings (SSSR count). The highest BCUT2D eigenvalue weighted by molar-refractivity contribution is 4.91. The van der Waals surface area contributed by atoms with E-state index in [9.17, 15) is 0 Å². The molecule has 3 aliphatic rings. The number of rotatable bonds is 0. The molecule has 3 fully saturated rings. The smallest absolute Gasteiger partial charge is 0.00673 e. The van der Waals surface area contributed by atoms with Gasteiger partial charge < -0.3 is 5.32 Å². The largest absolute Gasteiger partial charge is 0.314 e. The molecule has 0 radical (unpaired) electrons. The summed E-state index contributed by atoms with van der Waals surface area (Å²) in [6.45, 7) is 8.47. The molecule has 1 unspecified atom stereocenters. The minimum Gasteiger partial charge on any atom is -0.314 e. The lowest BCUT2D eigenvalue weighted by Gasteiger charge is -2.36. The van der Waals surface area contributed by atoms with Gasteiger partial charge in [-0.1, -0.05) is 20.8 Å². The van der Waals surface area contributed by atoms with Crippen molar-refractivity contribution in [1.29, 1.82) is 0 Å². The lowest BCUT2D eigenvalue weighted by molar-refractivity contribution is 0.150. The molecule has 0 spiro atoms. The highest BCUT2D eigenvalue weighted by atomic mass is 14.9. The fourth-order valence-electron chi connectivity index (χ4n) is 3.20. The second-order valence-corrected chi connectivity index (χ2v) is 5.99. The van der Waals surface area contributed by atoms with E-state index in [2.05, 4.69) is 26.1 Å². The highest BCUT2D eigenvalue weighted by Crippen LogP contribution is 2.41. The molecule has 1 N–H and O–H groups in total. The van der Waals surface area contributed by atoms with Crippen LogP contribution in [0.2, 0.25) is 0 Å². The van der Waals surface area contributed by atoms with Crippen molar-refractivity contribution in [3.05, 3.63) is 0 Å². The molecule has 2 aliphatic heterocycles. The van der Waals surface area contributed by atoms with Crippen LogP contribution in [-0.2, 0) is 0 Å². The van der Waals surface area contributed by atoms with Crippen molar-refractivity contribution in [3.8, 4) is 0 Å². The minimum atomic E-state index is 0.497. The molecule has 1 saturated carbocycles. The first-order valence-corrected chi connectivity index (χ1v) is 5.81. The Hall–Kier alpha value is -0.0400. The van der Waals surface area contributed by atoms with Gasteiger partial charge in [0.2, 0.25) is 0 Å². The van der Waals surface area contributed by atoms with E-state index >= 15 is 0 Å². The third kappa shape index (κ3) is 1.90. The van der Waals surface area contributed by atoms with Gasteiger partial charge in [-0.3, -0.25) is 0 Å². The first kappa shape index (κ1) is 9.51. The molecule has 1 aliphatic carbocycles. The first-order chi connectivity index (χ1) is 6.07. The summed E-state index contributed by atoms with van der Waals surface area (Å²) in [5.74, 6) is 1.91. The van der Waals surface area contributed by atoms with E-state index < -0.39 is 0 Å². The molecular formula is C12H23N. The molecular weight excluding hydrogens is 158 g/mol. The zero-order valence-electron chi connectivity index (χ0n) is 9.27. The molecule has 1 heteroatoms. The summed E-state index contributed by atoms with van der Waals surface area (Å²) in [5.41, 5.74) is 0.497. The van der Waals surface area contributed by atoms with E-state index in [-0.39, 0.29) is 0 Å². The van der Waals surface area contributed by atoms with Gasteiger partial charge in [0, 0.05) is 6.04 Å². The van der Waals surface area contributed by atoms with Crippen LogP contribution in [0, 0.1) is 17.3 Å². The summed E-state index contributed by atoms with van der Waals surface area (Å²) < 4.78 is 0. The van der Waals surface area contributed by atoms with Gasteiger partial charge in [0.1, 0.15) is 0 Å². The Bertz CT molecular complexity index is 172. The second kappa shape index (κ2) is 3.27. The van der Waals surface area contributed by atoms with Gasteiger partial charge in [-0.05, 0) is 49.5 Å². The van der Waals surface area contributed by atoms with Gasteiger partial charge in [-0.25, -0.2) is 0 Å². The number of nitrogens with one attached hydrogen (secondary N) is 1. The fourth-order valence-corrected chi connectivity index (χ4v) is 3.20. The predicted octanol–water partition coefficient (Wildman–Crippen LogP) is 2.81. The van der Waals surface area contributed by atoms with Gasteiger partial charge in [-0.15, -0.1) is 0 Å². The average Bonchev–Trinajstić information content (AvgIpc) is 2.34. The van der Waals surface area contributed by atoms with Crippen molar-refractivity contribution >= 4 is 0 Å². The normalized spacial score (nSPS) is 40.4. The van der Waals surface area contributed by atoms with Gasteiger partial charge in [0.15, 0.2) is 0 Å². The summed E-state index contributed by atoms with van der Waals surface area (Å²) in [7, 11) is 0. The quantitative estimate of drug-likeness (QED) is 0.606. The van der Waals surface area contributed by atoms with Gasteiger partial charge in [0.25, 0.3) is 0 Å². The van der Waals surface area contributed by atoms with Crippen LogP contribution in [0.15, 0.2) is 0 Å². The lowest BCUT2D eigenvalue weighted by atomic mass is 9.69. The van der Waals surface area contributed by atoms with Crippen molar-refractivity contribution < 1.29 is 0 Å². The second-order valence-electron chi connectivity index (χ2n) is 5.99. The average molecular weight is 181 g/mol. The van der Waals surface area contributed by atoms with Crippen LogP contribution < -0.4 is 5.32 Å². The molecule has 0 aromatic rings. The summed E-state index contributed by atoms with van der Waals surface area (Å²) in [4.78, 5) is 0. The molecule has 2 bridgehead atoms. The standard InChI is InChI=1S/C12H23N/c1-12(2,3)11-8-13-10-6-4-9(11)5-7-10/h9-11,13H,4-8H2,1-3H3. The van der Waals surface area contributed by atoms with Crippen LogP contribution in [0.1, 0.15) is 46.5 Å². The predicted molar refractivity (Wildman–Crippen MR) is 56.7 cm³/mol. The van der Waals surface area contributed by atoms with E-state index in [0.29, 0.717) is 5.41 Å². The maximum Gasteiger partial charge on any atom is 0.00673 e. The topological polar surface area (TPSA) is 12.0 Å². The van der Waals surface area contributed by atoms with E-state index in [0.717, 1.165) is 17.9 Å². The molecule has 0 amide bonds. The van der Waals surface area contributed by atoms with Gasteiger partial charge in [-0.2, -0.15) is 0 Å². The van der Waals surface area contributed by atoms with Crippen LogP contribution >= 0.6 is 0 Å². The fraction of sp³-hybridized carbons (Fsp3) is 1.00. The molecule has 0 aromatic carbocycles. The first-order valence-electron chi connectivity index (χ1n) is 5.81. The van der Waals surface area contributed by atoms with Crippen LogP contribution in [-0.4, -0.2) is 12.6 Å². The van der Waals surface area contributed by atoms with Crippen LogP contribution in [0.4, 0.5) is 0 Å². The lowest BCUT2D eigenvalue weighted by Crippen LogP contribution is -2.34. The van der Waals surface area contributed by atoms with Crippen molar-refractivity contribution in [1.82, 2.24) is 5.32 Å². The number of hydrogen-bond acceptors (Lipinski definition) is 1. The zero-order chi connectivity index (χ0) is 9.47. The molecule has 1 atom stereocenters. The highest BCUT2D eigenvalue weighted by Gasteiger charge is 2.37. The van der Waals surface area contributed by atoms with E-state index in [4.69, 9.17) is 0 Å². The van der Waals surface area contributed by atoms with Crippen molar-refractivity contribution in [2.75, 3.05) is 6.54 Å². The summed E-state index contributed by atoms with van der Waals surface area (Å²) in [6, 6.07) is 0.851. The minimum absolute atomic E-state index is 0.497. The van der Waals surface area contributed by atoms with Crippen molar-refractivity contribution in [3.63, 3.8) is 0 Å². The Morgan fingerprint density at radius 1 is 1.00 bits per heavy atom. The van der Waals surface area contributed by atoms with Crippen LogP contribution in [0.5, 0.6) is 0 Å². The number of hydrogen-bond donors (Lipinski definition) is 1. The Labute approximate surface area is 82.3 Å². The monoisotopic (exact) mass is 181 g/mol. The summed E-state index contributed by atoms with van der Waals surface area (Å²) >= 11 is 0. The van der Waals surface area contributed by atoms with Gasteiger partial charge in [0.05, 0.1) is 0 Å². The number of fused-ring (bicyclic) bond motifs is 4. The summed E-state index contributed by atoms with van der Waals surface area (Å²) in [6.07, 6.45) is 5.80. The van der Waals surface area contributed by atoms with Crippen LogP contribution in [0.3, 0.4) is 0 Å². The molecule has 0 aromatic heterocycles. The zero-order valence-corrected chi connectivity index (χ0v) is 9.27. The molecule has 13 heavy (non-hydrogen) atoms.